The van der Waals surface area contributed by atoms with E-state index in [0.29, 0.717) is 16.8 Å². The number of nitrogens with one attached hydrogen (secondary N) is 1. The van der Waals surface area contributed by atoms with Crippen molar-refractivity contribution in [1.82, 2.24) is 40.3 Å². The standard InChI is InChI=1S/C24H33ClN8O/c1-23(2,3)20(21(32-16-26-15-27-32)34-19-11-7-17(25)8-12-19)33-22(29-30-31-33)24(28-18-9-10-18)13-5-4-6-14-24/h7-8,11-12,15-16,18,20-21,28H,4-6,9-10,13-14H2,1-3H3. The van der Waals surface area contributed by atoms with Crippen LogP contribution in [0.4, 0.5) is 0 Å². The Morgan fingerprint density at radius 2 is 1.85 bits per heavy atom. The molecule has 2 heterocycles. The predicted molar refractivity (Wildman–Crippen MR) is 128 cm³/mol. The lowest BCUT2D eigenvalue weighted by atomic mass is 9.79. The molecule has 2 fully saturated rings. The van der Waals surface area contributed by atoms with Gasteiger partial charge in [0, 0.05) is 11.1 Å². The second kappa shape index (κ2) is 9.26. The number of hydrogen-bond acceptors (Lipinski definition) is 7. The zero-order valence-electron chi connectivity index (χ0n) is 20.1. The first-order valence-corrected chi connectivity index (χ1v) is 12.6. The van der Waals surface area contributed by atoms with Crippen molar-refractivity contribution >= 4 is 11.6 Å². The van der Waals surface area contributed by atoms with Crippen LogP contribution in [0.25, 0.3) is 0 Å². The number of nitrogens with zero attached hydrogens (tertiary/aromatic N) is 7. The number of rotatable bonds is 8. The molecular weight excluding hydrogens is 452 g/mol. The van der Waals surface area contributed by atoms with Gasteiger partial charge in [-0.2, -0.15) is 5.10 Å². The molecule has 2 saturated carbocycles. The Morgan fingerprint density at radius 3 is 2.47 bits per heavy atom. The fourth-order valence-electron chi connectivity index (χ4n) is 5.08. The van der Waals surface area contributed by atoms with Gasteiger partial charge in [-0.25, -0.2) is 14.3 Å². The monoisotopic (exact) mass is 484 g/mol. The van der Waals surface area contributed by atoms with Crippen molar-refractivity contribution in [3.05, 3.63) is 47.8 Å². The molecule has 182 valence electrons. The highest BCUT2D eigenvalue weighted by atomic mass is 35.5. The molecule has 10 heteroatoms. The maximum atomic E-state index is 6.56. The molecule has 1 N–H and O–H groups in total. The molecule has 34 heavy (non-hydrogen) atoms. The van der Waals surface area contributed by atoms with Crippen molar-refractivity contribution in [3.63, 3.8) is 0 Å². The van der Waals surface area contributed by atoms with Crippen LogP contribution in [0.15, 0.2) is 36.9 Å². The number of hydrogen-bond donors (Lipinski definition) is 1. The van der Waals surface area contributed by atoms with Crippen LogP contribution in [0.1, 0.15) is 83.8 Å². The number of benzene rings is 1. The van der Waals surface area contributed by atoms with Crippen LogP contribution in [0.3, 0.4) is 0 Å². The maximum absolute atomic E-state index is 6.56. The summed E-state index contributed by atoms with van der Waals surface area (Å²) in [5.41, 5.74) is -0.484. The van der Waals surface area contributed by atoms with E-state index in [1.807, 2.05) is 28.9 Å². The van der Waals surface area contributed by atoms with E-state index in [9.17, 15) is 0 Å². The van der Waals surface area contributed by atoms with E-state index in [1.165, 1.54) is 38.4 Å². The molecule has 0 saturated heterocycles. The first-order chi connectivity index (χ1) is 16.4. The second-order valence-corrected chi connectivity index (χ2v) is 11.1. The third-order valence-electron chi connectivity index (χ3n) is 6.87. The molecule has 3 aromatic rings. The van der Waals surface area contributed by atoms with E-state index in [1.54, 1.807) is 11.0 Å². The molecule has 0 amide bonds. The van der Waals surface area contributed by atoms with E-state index < -0.39 is 6.23 Å². The van der Waals surface area contributed by atoms with Crippen molar-refractivity contribution in [1.29, 1.82) is 0 Å². The van der Waals surface area contributed by atoms with Gasteiger partial charge in [0.15, 0.2) is 5.82 Å². The minimum atomic E-state index is -0.521. The SMILES string of the molecule is CC(C)(C)C(C(Oc1ccc(Cl)cc1)n1cncn1)n1nnnc1C1(NC2CC2)CCCCC1. The average Bonchev–Trinajstić information content (AvgIpc) is 3.25. The highest BCUT2D eigenvalue weighted by molar-refractivity contribution is 6.30. The molecule has 2 aliphatic rings. The number of ether oxygens (including phenoxy) is 1. The lowest BCUT2D eigenvalue weighted by Gasteiger charge is -2.41. The summed E-state index contributed by atoms with van der Waals surface area (Å²) in [6.45, 7) is 6.54. The zero-order valence-corrected chi connectivity index (χ0v) is 20.8. The predicted octanol–water partition coefficient (Wildman–Crippen LogP) is 4.69. The molecule has 0 bridgehead atoms. The topological polar surface area (TPSA) is 95.6 Å². The van der Waals surface area contributed by atoms with Gasteiger partial charge in [0.1, 0.15) is 24.4 Å². The van der Waals surface area contributed by atoms with Gasteiger partial charge in [-0.15, -0.1) is 5.10 Å². The molecular formula is C24H33ClN8O. The molecule has 0 radical (unpaired) electrons. The fourth-order valence-corrected chi connectivity index (χ4v) is 5.21. The summed E-state index contributed by atoms with van der Waals surface area (Å²) in [6, 6.07) is 7.66. The fraction of sp³-hybridized carbons (Fsp3) is 0.625. The smallest absolute Gasteiger partial charge is 0.215 e. The second-order valence-electron chi connectivity index (χ2n) is 10.7. The Balaban J connectivity index is 1.58. The summed E-state index contributed by atoms with van der Waals surface area (Å²) in [4.78, 5) is 4.20. The van der Waals surface area contributed by atoms with Crippen LogP contribution >= 0.6 is 11.6 Å². The molecule has 2 atom stereocenters. The molecule has 1 aromatic carbocycles. The summed E-state index contributed by atoms with van der Waals surface area (Å²) in [5, 5.41) is 22.4. The minimum absolute atomic E-state index is 0.223. The molecule has 2 aromatic heterocycles. The third kappa shape index (κ3) is 4.81. The van der Waals surface area contributed by atoms with Crippen molar-refractivity contribution in [2.24, 2.45) is 5.41 Å². The minimum Gasteiger partial charge on any atom is -0.466 e. The van der Waals surface area contributed by atoms with Crippen molar-refractivity contribution in [2.75, 3.05) is 0 Å². The van der Waals surface area contributed by atoms with Crippen molar-refractivity contribution in [3.8, 4) is 5.75 Å². The van der Waals surface area contributed by atoms with Crippen LogP contribution < -0.4 is 10.1 Å². The summed E-state index contributed by atoms with van der Waals surface area (Å²) >= 11 is 6.11. The Labute approximate surface area is 205 Å². The first kappa shape index (κ1) is 23.2. The lowest BCUT2D eigenvalue weighted by molar-refractivity contribution is -0.00375. The summed E-state index contributed by atoms with van der Waals surface area (Å²) < 4.78 is 10.3. The largest absolute Gasteiger partial charge is 0.466 e. The highest BCUT2D eigenvalue weighted by Gasteiger charge is 2.47. The lowest BCUT2D eigenvalue weighted by Crippen LogP contribution is -2.49. The van der Waals surface area contributed by atoms with Crippen molar-refractivity contribution in [2.45, 2.75) is 89.6 Å². The van der Waals surface area contributed by atoms with Gasteiger partial charge in [-0.1, -0.05) is 51.6 Å². The first-order valence-electron chi connectivity index (χ1n) is 12.2. The number of tetrazole rings is 1. The molecule has 0 spiro atoms. The van der Waals surface area contributed by atoms with Crippen LogP contribution in [-0.4, -0.2) is 41.0 Å². The van der Waals surface area contributed by atoms with Gasteiger partial charge in [0.05, 0.1) is 5.54 Å². The Morgan fingerprint density at radius 1 is 1.12 bits per heavy atom. The van der Waals surface area contributed by atoms with E-state index in [2.05, 4.69) is 51.7 Å². The molecule has 5 rings (SSSR count). The van der Waals surface area contributed by atoms with Crippen LogP contribution in [0, 0.1) is 5.41 Å². The normalized spacial score (nSPS) is 20.1. The Hall–Kier alpha value is -2.52. The van der Waals surface area contributed by atoms with E-state index in [-0.39, 0.29) is 17.0 Å². The number of halogens is 1. The third-order valence-corrected chi connectivity index (χ3v) is 7.13. The van der Waals surface area contributed by atoms with Crippen molar-refractivity contribution < 1.29 is 4.74 Å². The summed E-state index contributed by atoms with van der Waals surface area (Å²) in [6.07, 6.45) is 10.8. The van der Waals surface area contributed by atoms with E-state index >= 15 is 0 Å². The number of aromatic nitrogens is 7. The van der Waals surface area contributed by atoms with Crippen LogP contribution in [0.2, 0.25) is 5.02 Å². The van der Waals surface area contributed by atoms with Crippen LogP contribution in [0.5, 0.6) is 5.75 Å². The molecule has 2 aliphatic carbocycles. The highest BCUT2D eigenvalue weighted by Crippen LogP contribution is 2.44. The van der Waals surface area contributed by atoms with Gasteiger partial charge in [0.25, 0.3) is 0 Å². The average molecular weight is 485 g/mol. The Bertz CT molecular complexity index is 1070. The Kier molecular flexibility index (Phi) is 6.33. The van der Waals surface area contributed by atoms with Crippen LogP contribution in [-0.2, 0) is 5.54 Å². The zero-order chi connectivity index (χ0) is 23.8. The molecule has 2 unspecified atom stereocenters. The van der Waals surface area contributed by atoms with Gasteiger partial charge < -0.3 is 10.1 Å². The summed E-state index contributed by atoms with van der Waals surface area (Å²) in [5.74, 6) is 1.58. The van der Waals surface area contributed by atoms with E-state index in [0.717, 1.165) is 18.7 Å². The van der Waals surface area contributed by atoms with E-state index in [4.69, 9.17) is 16.3 Å². The quantitative estimate of drug-likeness (QED) is 0.495. The van der Waals surface area contributed by atoms with Gasteiger partial charge >= 0.3 is 0 Å². The van der Waals surface area contributed by atoms with Gasteiger partial charge in [0.2, 0.25) is 6.23 Å². The molecule has 0 aliphatic heterocycles. The summed E-state index contributed by atoms with van der Waals surface area (Å²) in [7, 11) is 0. The molecule has 9 nitrogen and oxygen atoms in total. The maximum Gasteiger partial charge on any atom is 0.215 e. The van der Waals surface area contributed by atoms with Gasteiger partial charge in [-0.3, -0.25) is 0 Å². The van der Waals surface area contributed by atoms with Gasteiger partial charge in [-0.05, 0) is 65.8 Å².